The van der Waals surface area contributed by atoms with Gasteiger partial charge in [-0.3, -0.25) is 4.79 Å². The van der Waals surface area contributed by atoms with Crippen LogP contribution in [0.15, 0.2) is 16.4 Å². The monoisotopic (exact) mass is 420 g/mol. The zero-order chi connectivity index (χ0) is 20.1. The molecule has 0 saturated heterocycles. The number of hydrogen-bond donors (Lipinski definition) is 1. The fraction of sp³-hybridized carbons (Fsp3) is 0.632. The van der Waals surface area contributed by atoms with Crippen molar-refractivity contribution in [1.29, 1.82) is 0 Å². The Morgan fingerprint density at radius 2 is 1.89 bits per heavy atom. The molecule has 2 heterocycles. The lowest BCUT2D eigenvalue weighted by atomic mass is 9.86. The number of hydrogen-bond acceptors (Lipinski definition) is 7. The molecule has 2 aromatic rings. The summed E-state index contributed by atoms with van der Waals surface area (Å²) >= 11 is 2.97. The largest absolute Gasteiger partial charge is 0.352 e. The minimum absolute atomic E-state index is 0.0753. The van der Waals surface area contributed by atoms with Crippen LogP contribution in [0.2, 0.25) is 0 Å². The molecule has 7 nitrogen and oxygen atoms in total. The van der Waals surface area contributed by atoms with Crippen molar-refractivity contribution in [3.05, 3.63) is 23.3 Å². The maximum atomic E-state index is 12.3. The predicted molar refractivity (Wildman–Crippen MR) is 112 cm³/mol. The molecule has 9 heteroatoms. The van der Waals surface area contributed by atoms with Crippen molar-refractivity contribution >= 4 is 29.4 Å². The van der Waals surface area contributed by atoms with Crippen molar-refractivity contribution in [2.24, 2.45) is 13.0 Å². The molecular formula is C19H28N6OS2. The van der Waals surface area contributed by atoms with Crippen LogP contribution in [0, 0.1) is 19.8 Å². The smallest absolute Gasteiger partial charge is 0.230 e. The zero-order valence-electron chi connectivity index (χ0n) is 16.9. The molecular weight excluding hydrogens is 392 g/mol. The van der Waals surface area contributed by atoms with E-state index >= 15 is 0 Å². The summed E-state index contributed by atoms with van der Waals surface area (Å²) in [5.74, 6) is 2.48. The Morgan fingerprint density at radius 1 is 1.18 bits per heavy atom. The van der Waals surface area contributed by atoms with E-state index < -0.39 is 0 Å². The summed E-state index contributed by atoms with van der Waals surface area (Å²) in [6.07, 6.45) is 4.77. The SMILES string of the molecule is Cc1cc(C)nc(SCc2nnc(SCC(=O)N[C@@H]3CCCC[C@H]3C)n2C)n1. The summed E-state index contributed by atoms with van der Waals surface area (Å²) in [7, 11) is 1.93. The molecule has 0 bridgehead atoms. The molecule has 1 saturated carbocycles. The van der Waals surface area contributed by atoms with Crippen LogP contribution in [0.3, 0.4) is 0 Å². The van der Waals surface area contributed by atoms with Crippen molar-refractivity contribution in [2.75, 3.05) is 5.75 Å². The second kappa shape index (κ2) is 9.73. The van der Waals surface area contributed by atoms with Crippen LogP contribution < -0.4 is 5.32 Å². The number of nitrogens with zero attached hydrogens (tertiary/aromatic N) is 5. The standard InChI is InChI=1S/C19H28N6OS2/c1-12-7-5-6-8-15(12)22-17(26)11-28-19-24-23-16(25(19)4)10-27-18-20-13(2)9-14(3)21-18/h9,12,15H,5-8,10-11H2,1-4H3,(H,22,26)/t12-,15-/m1/s1. The van der Waals surface area contributed by atoms with E-state index in [9.17, 15) is 4.79 Å². The lowest BCUT2D eigenvalue weighted by Gasteiger charge is -2.29. The first-order chi connectivity index (χ1) is 13.4. The van der Waals surface area contributed by atoms with Crippen LogP contribution >= 0.6 is 23.5 Å². The van der Waals surface area contributed by atoms with Crippen molar-refractivity contribution < 1.29 is 4.79 Å². The molecule has 0 radical (unpaired) electrons. The van der Waals surface area contributed by atoms with Gasteiger partial charge >= 0.3 is 0 Å². The molecule has 1 aliphatic carbocycles. The molecule has 3 rings (SSSR count). The maximum absolute atomic E-state index is 12.3. The van der Waals surface area contributed by atoms with Crippen molar-refractivity contribution in [3.8, 4) is 0 Å². The molecule has 28 heavy (non-hydrogen) atoms. The predicted octanol–water partition coefficient (Wildman–Crippen LogP) is 3.30. The number of carbonyl (C=O) groups excluding carboxylic acids is 1. The lowest BCUT2D eigenvalue weighted by molar-refractivity contribution is -0.119. The molecule has 2 aromatic heterocycles. The van der Waals surface area contributed by atoms with E-state index in [-0.39, 0.29) is 5.91 Å². The van der Waals surface area contributed by atoms with Gasteiger partial charge in [-0.2, -0.15) is 0 Å². The topological polar surface area (TPSA) is 85.6 Å². The molecule has 1 amide bonds. The van der Waals surface area contributed by atoms with Crippen LogP contribution in [0.4, 0.5) is 0 Å². The van der Waals surface area contributed by atoms with Crippen LogP contribution in [-0.4, -0.2) is 42.4 Å². The van der Waals surface area contributed by atoms with Gasteiger partial charge < -0.3 is 9.88 Å². The van der Waals surface area contributed by atoms with E-state index in [1.54, 1.807) is 11.8 Å². The van der Waals surface area contributed by atoms with Crippen LogP contribution in [0.5, 0.6) is 0 Å². The number of nitrogens with one attached hydrogen (secondary N) is 1. The van der Waals surface area contributed by atoms with Crippen molar-refractivity contribution in [1.82, 2.24) is 30.0 Å². The third-order valence-corrected chi connectivity index (χ3v) is 6.87. The van der Waals surface area contributed by atoms with E-state index in [0.29, 0.717) is 23.5 Å². The van der Waals surface area contributed by atoms with Gasteiger partial charge in [-0.05, 0) is 38.7 Å². The molecule has 0 unspecified atom stereocenters. The van der Waals surface area contributed by atoms with Gasteiger partial charge in [0.25, 0.3) is 0 Å². The Kier molecular flexibility index (Phi) is 7.34. The van der Waals surface area contributed by atoms with Crippen molar-refractivity contribution in [3.63, 3.8) is 0 Å². The van der Waals surface area contributed by atoms with E-state index in [1.807, 2.05) is 31.5 Å². The molecule has 1 fully saturated rings. The van der Waals surface area contributed by atoms with Gasteiger partial charge in [0.15, 0.2) is 10.3 Å². The second-order valence-electron chi connectivity index (χ2n) is 7.40. The number of amides is 1. The summed E-state index contributed by atoms with van der Waals surface area (Å²) in [5, 5.41) is 13.2. The summed E-state index contributed by atoms with van der Waals surface area (Å²) < 4.78 is 1.94. The number of rotatable bonds is 7. The van der Waals surface area contributed by atoms with Crippen LogP contribution in [0.1, 0.15) is 49.8 Å². The molecule has 1 aliphatic rings. The number of aromatic nitrogens is 5. The number of carbonyl (C=O) groups is 1. The highest BCUT2D eigenvalue weighted by Crippen LogP contribution is 2.25. The molecule has 2 atom stereocenters. The average Bonchev–Trinajstić information content (AvgIpc) is 2.99. The Hall–Kier alpha value is -1.61. The highest BCUT2D eigenvalue weighted by atomic mass is 32.2. The number of aryl methyl sites for hydroxylation is 2. The third-order valence-electron chi connectivity index (χ3n) is 5.01. The first-order valence-corrected chi connectivity index (χ1v) is 11.6. The van der Waals surface area contributed by atoms with Crippen LogP contribution in [0.25, 0.3) is 0 Å². The second-order valence-corrected chi connectivity index (χ2v) is 9.29. The van der Waals surface area contributed by atoms with E-state index in [1.165, 1.54) is 31.0 Å². The highest BCUT2D eigenvalue weighted by Gasteiger charge is 2.23. The molecule has 0 aromatic carbocycles. The van der Waals surface area contributed by atoms with E-state index in [0.717, 1.165) is 33.9 Å². The quantitative estimate of drug-likeness (QED) is 0.543. The minimum Gasteiger partial charge on any atom is -0.352 e. The maximum Gasteiger partial charge on any atom is 0.230 e. The van der Waals surface area contributed by atoms with Gasteiger partial charge in [0.1, 0.15) is 5.82 Å². The molecule has 1 N–H and O–H groups in total. The summed E-state index contributed by atoms with van der Waals surface area (Å²) in [6, 6.07) is 2.27. The lowest BCUT2D eigenvalue weighted by Crippen LogP contribution is -2.41. The fourth-order valence-electron chi connectivity index (χ4n) is 3.39. The zero-order valence-corrected chi connectivity index (χ0v) is 18.6. The van der Waals surface area contributed by atoms with E-state index in [4.69, 9.17) is 0 Å². The Balaban J connectivity index is 1.50. The summed E-state index contributed by atoms with van der Waals surface area (Å²) in [4.78, 5) is 21.2. The third kappa shape index (κ3) is 5.70. The average molecular weight is 421 g/mol. The van der Waals surface area contributed by atoms with Crippen molar-refractivity contribution in [2.45, 2.75) is 68.6 Å². The van der Waals surface area contributed by atoms with Crippen LogP contribution in [-0.2, 0) is 17.6 Å². The molecule has 152 valence electrons. The van der Waals surface area contributed by atoms with Gasteiger partial charge in [-0.15, -0.1) is 10.2 Å². The van der Waals surface area contributed by atoms with Gasteiger partial charge in [-0.1, -0.05) is 43.3 Å². The molecule has 0 spiro atoms. The first kappa shape index (κ1) is 21.1. The fourth-order valence-corrected chi connectivity index (χ4v) is 5.06. The minimum atomic E-state index is 0.0753. The van der Waals surface area contributed by atoms with Gasteiger partial charge in [-0.25, -0.2) is 9.97 Å². The highest BCUT2D eigenvalue weighted by molar-refractivity contribution is 7.99. The normalized spacial score (nSPS) is 19.6. The Morgan fingerprint density at radius 3 is 2.61 bits per heavy atom. The summed E-state index contributed by atoms with van der Waals surface area (Å²) in [6.45, 7) is 6.16. The first-order valence-electron chi connectivity index (χ1n) is 9.68. The van der Waals surface area contributed by atoms with Gasteiger partial charge in [0.05, 0.1) is 11.5 Å². The summed E-state index contributed by atoms with van der Waals surface area (Å²) in [5.41, 5.74) is 1.92. The van der Waals surface area contributed by atoms with E-state index in [2.05, 4.69) is 32.4 Å². The number of thioether (sulfide) groups is 2. The Bertz CT molecular complexity index is 805. The molecule has 0 aliphatic heterocycles. The van der Waals surface area contributed by atoms with Gasteiger partial charge in [0.2, 0.25) is 5.91 Å². The Labute approximate surface area is 174 Å². The van der Waals surface area contributed by atoms with Gasteiger partial charge in [0, 0.05) is 24.5 Å².